The van der Waals surface area contributed by atoms with E-state index in [1.165, 1.54) is 225 Å². The molecule has 0 radical (unpaired) electrons. The maximum Gasteiger partial charge on any atom is 0.0946 e. The van der Waals surface area contributed by atoms with Crippen LogP contribution in [0.15, 0.2) is 18.7 Å². The first kappa shape index (κ1) is 53.1. The number of imidazole rings is 1. The van der Waals surface area contributed by atoms with Gasteiger partial charge in [0.05, 0.1) is 6.33 Å². The Morgan fingerprint density at radius 3 is 1.29 bits per heavy atom. The molecule has 4 heteroatoms. The van der Waals surface area contributed by atoms with Gasteiger partial charge in [-0.3, -0.25) is 9.80 Å². The summed E-state index contributed by atoms with van der Waals surface area (Å²) in [5.74, 6) is 1.44. The van der Waals surface area contributed by atoms with Crippen LogP contribution in [-0.4, -0.2) is 57.1 Å². The van der Waals surface area contributed by atoms with Crippen molar-refractivity contribution in [3.63, 3.8) is 0 Å². The maximum atomic E-state index is 4.48. The Labute approximate surface area is 353 Å². The molecule has 0 spiro atoms. The quantitative estimate of drug-likeness (QED) is 0.0617. The van der Waals surface area contributed by atoms with Gasteiger partial charge in [0.25, 0.3) is 0 Å². The molecule has 0 saturated heterocycles. The summed E-state index contributed by atoms with van der Waals surface area (Å²) in [5, 5.41) is 0. The van der Waals surface area contributed by atoms with Crippen molar-refractivity contribution in [1.82, 2.24) is 19.4 Å². The van der Waals surface area contributed by atoms with Gasteiger partial charge in [-0.05, 0) is 69.9 Å². The average molecular weight is 785 g/mol. The summed E-state index contributed by atoms with van der Waals surface area (Å²) in [4.78, 5) is 10.7. The van der Waals surface area contributed by atoms with Crippen LogP contribution in [0.25, 0.3) is 0 Å². The second-order valence-corrected chi connectivity index (χ2v) is 18.8. The lowest BCUT2D eigenvalue weighted by atomic mass is 9.91. The van der Waals surface area contributed by atoms with E-state index in [-0.39, 0.29) is 0 Å². The fourth-order valence-corrected chi connectivity index (χ4v) is 9.60. The van der Waals surface area contributed by atoms with Gasteiger partial charge in [-0.25, -0.2) is 4.98 Å². The van der Waals surface area contributed by atoms with Gasteiger partial charge in [-0.2, -0.15) is 0 Å². The van der Waals surface area contributed by atoms with E-state index in [2.05, 4.69) is 87.3 Å². The van der Waals surface area contributed by atoms with Gasteiger partial charge < -0.3 is 4.57 Å². The molecule has 0 amide bonds. The molecule has 1 rings (SSSR count). The van der Waals surface area contributed by atoms with Gasteiger partial charge in [-0.1, -0.05) is 216 Å². The third kappa shape index (κ3) is 27.0. The highest BCUT2D eigenvalue weighted by atomic mass is 15.2. The molecule has 0 aromatic carbocycles. The molecule has 0 aliphatic carbocycles. The summed E-state index contributed by atoms with van der Waals surface area (Å²) in [5.41, 5.74) is 0. The van der Waals surface area contributed by atoms with Crippen LogP contribution in [0.4, 0.5) is 0 Å². The van der Waals surface area contributed by atoms with Crippen molar-refractivity contribution in [3.8, 4) is 0 Å². The van der Waals surface area contributed by atoms with Gasteiger partial charge >= 0.3 is 0 Å². The summed E-state index contributed by atoms with van der Waals surface area (Å²) >= 11 is 0. The zero-order valence-corrected chi connectivity index (χ0v) is 39.9. The fourth-order valence-electron chi connectivity index (χ4n) is 9.60. The molecule has 0 bridgehead atoms. The Bertz CT molecular complexity index is 889. The third-order valence-electron chi connectivity index (χ3n) is 13.2. The minimum absolute atomic E-state index is 0.550. The van der Waals surface area contributed by atoms with Crippen LogP contribution in [0.2, 0.25) is 0 Å². The molecule has 0 aliphatic heterocycles. The van der Waals surface area contributed by atoms with Gasteiger partial charge in [0, 0.05) is 43.6 Å². The largest absolute Gasteiger partial charge is 0.336 e. The highest BCUT2D eigenvalue weighted by molar-refractivity contribution is 4.85. The van der Waals surface area contributed by atoms with Crippen molar-refractivity contribution in [1.29, 1.82) is 0 Å². The van der Waals surface area contributed by atoms with E-state index in [1.807, 2.05) is 6.20 Å². The lowest BCUT2D eigenvalue weighted by molar-refractivity contribution is 0.0745. The van der Waals surface area contributed by atoms with Gasteiger partial charge in [0.1, 0.15) is 0 Å². The molecule has 1 aromatic heterocycles. The molecule has 1 aromatic rings. The molecule has 3 unspecified atom stereocenters. The van der Waals surface area contributed by atoms with Crippen LogP contribution >= 0.6 is 0 Å². The molecule has 1 heterocycles. The lowest BCUT2D eigenvalue weighted by Crippen LogP contribution is -2.47. The number of rotatable bonds is 43. The topological polar surface area (TPSA) is 24.3 Å². The SMILES string of the molecule is CCCCCCCCC(CCCCCC)CN(CCCN(C(CCCCC)CCCCC)C(CCCCCC)CCCCCCC)C(Cn1ccnc1)C(C)C. The van der Waals surface area contributed by atoms with Crippen molar-refractivity contribution >= 4 is 0 Å². The second-order valence-electron chi connectivity index (χ2n) is 18.8. The normalized spacial score (nSPS) is 13.9. The Morgan fingerprint density at radius 1 is 0.464 bits per heavy atom. The molecule has 0 N–H and O–H groups in total. The monoisotopic (exact) mass is 785 g/mol. The summed E-state index contributed by atoms with van der Waals surface area (Å²) < 4.78 is 2.37. The van der Waals surface area contributed by atoms with Crippen molar-refractivity contribution in [3.05, 3.63) is 18.7 Å². The Hall–Kier alpha value is -0.870. The number of nitrogens with zero attached hydrogens (tertiary/aromatic N) is 4. The lowest BCUT2D eigenvalue weighted by Gasteiger charge is -2.41. The summed E-state index contributed by atoms with van der Waals surface area (Å²) in [6, 6.07) is 2.08. The van der Waals surface area contributed by atoms with Crippen LogP contribution < -0.4 is 0 Å². The summed E-state index contributed by atoms with van der Waals surface area (Å²) in [7, 11) is 0. The average Bonchev–Trinajstić information content (AvgIpc) is 3.72. The molecule has 0 aliphatic rings. The van der Waals surface area contributed by atoms with Crippen molar-refractivity contribution < 1.29 is 0 Å². The van der Waals surface area contributed by atoms with Gasteiger partial charge in [0.2, 0.25) is 0 Å². The van der Waals surface area contributed by atoms with Crippen LogP contribution in [-0.2, 0) is 6.54 Å². The van der Waals surface area contributed by atoms with Crippen molar-refractivity contribution in [2.24, 2.45) is 11.8 Å². The highest BCUT2D eigenvalue weighted by Gasteiger charge is 2.28. The van der Waals surface area contributed by atoms with Crippen LogP contribution in [0.5, 0.6) is 0 Å². The van der Waals surface area contributed by atoms with Crippen LogP contribution in [0.3, 0.4) is 0 Å². The van der Waals surface area contributed by atoms with Crippen LogP contribution in [0.1, 0.15) is 261 Å². The molecule has 0 fully saturated rings. The second kappa shape index (κ2) is 38.3. The smallest absolute Gasteiger partial charge is 0.0946 e. The van der Waals surface area contributed by atoms with Crippen LogP contribution in [0, 0.1) is 11.8 Å². The molecular weight excluding hydrogens is 681 g/mol. The standard InChI is InChI=1S/C52H104N4/c1-9-15-21-25-27-31-36-49(35-30-23-17-11-3)45-55(52(48(7)8)46-54-44-41-53-47-54)42-34-43-56(50(37-28-19-13-5)38-29-20-14-6)51(39-32-24-18-12-4)40-33-26-22-16-10-2/h41,44,47-52H,9-40,42-43,45-46H2,1-8H3. The van der Waals surface area contributed by atoms with Gasteiger partial charge in [-0.15, -0.1) is 0 Å². The van der Waals surface area contributed by atoms with Crippen molar-refractivity contribution in [2.45, 2.75) is 286 Å². The van der Waals surface area contributed by atoms with E-state index in [9.17, 15) is 0 Å². The predicted octanol–water partition coefficient (Wildman–Crippen LogP) is 16.5. The van der Waals surface area contributed by atoms with E-state index in [1.54, 1.807) is 0 Å². The predicted molar refractivity (Wildman–Crippen MR) is 252 cm³/mol. The van der Waals surface area contributed by atoms with E-state index in [4.69, 9.17) is 0 Å². The zero-order chi connectivity index (χ0) is 40.9. The molecule has 332 valence electrons. The summed E-state index contributed by atoms with van der Waals surface area (Å²) in [6.45, 7) is 24.1. The molecule has 56 heavy (non-hydrogen) atoms. The first-order valence-corrected chi connectivity index (χ1v) is 25.9. The highest BCUT2D eigenvalue weighted by Crippen LogP contribution is 2.28. The third-order valence-corrected chi connectivity index (χ3v) is 13.2. The number of hydrogen-bond donors (Lipinski definition) is 0. The fraction of sp³-hybridized carbons (Fsp3) is 0.942. The first-order chi connectivity index (χ1) is 27.4. The van der Waals surface area contributed by atoms with E-state index >= 15 is 0 Å². The Kier molecular flexibility index (Phi) is 36.4. The minimum Gasteiger partial charge on any atom is -0.336 e. The van der Waals surface area contributed by atoms with E-state index in [0.29, 0.717) is 12.0 Å². The summed E-state index contributed by atoms with van der Waals surface area (Å²) in [6.07, 6.45) is 51.0. The molecule has 3 atom stereocenters. The minimum atomic E-state index is 0.550. The van der Waals surface area contributed by atoms with Crippen molar-refractivity contribution in [2.75, 3.05) is 19.6 Å². The number of unbranched alkanes of at least 4 members (excludes halogenated alkanes) is 19. The Balaban J connectivity index is 3.41. The first-order valence-electron chi connectivity index (χ1n) is 25.9. The zero-order valence-electron chi connectivity index (χ0n) is 39.9. The van der Waals surface area contributed by atoms with E-state index in [0.717, 1.165) is 24.5 Å². The molecule has 0 saturated carbocycles. The Morgan fingerprint density at radius 2 is 0.857 bits per heavy atom. The number of hydrogen-bond acceptors (Lipinski definition) is 3. The molecular formula is C52H104N4. The maximum absolute atomic E-state index is 4.48. The molecule has 4 nitrogen and oxygen atoms in total. The number of aromatic nitrogens is 2. The van der Waals surface area contributed by atoms with Gasteiger partial charge in [0.15, 0.2) is 0 Å². The van der Waals surface area contributed by atoms with E-state index < -0.39 is 0 Å².